The number of rotatable bonds is 3. The molecule has 0 fully saturated rings. The van der Waals surface area contributed by atoms with Gasteiger partial charge in [0.1, 0.15) is 0 Å². The lowest BCUT2D eigenvalue weighted by atomic mass is 9.91. The van der Waals surface area contributed by atoms with Crippen LogP contribution in [0.4, 0.5) is 0 Å². The van der Waals surface area contributed by atoms with Gasteiger partial charge in [-0.25, -0.2) is 0 Å². The first-order valence-electron chi connectivity index (χ1n) is 6.30. The van der Waals surface area contributed by atoms with E-state index in [-0.39, 0.29) is 6.04 Å². The number of hydrogen-bond acceptors (Lipinski definition) is 2. The molecule has 0 bridgehead atoms. The van der Waals surface area contributed by atoms with Crippen LogP contribution in [0.25, 0.3) is 0 Å². The van der Waals surface area contributed by atoms with E-state index in [1.165, 1.54) is 27.8 Å². The molecule has 2 heteroatoms. The highest BCUT2D eigenvalue weighted by Crippen LogP contribution is 2.24. The molecule has 0 radical (unpaired) electrons. The second-order valence-electron chi connectivity index (χ2n) is 4.98. The molecule has 1 aromatic heterocycles. The zero-order valence-corrected chi connectivity index (χ0v) is 11.3. The topological polar surface area (TPSA) is 38.9 Å². The fourth-order valence-corrected chi connectivity index (χ4v) is 2.65. The normalized spacial score (nSPS) is 12.4. The fourth-order valence-electron chi connectivity index (χ4n) is 2.65. The van der Waals surface area contributed by atoms with Crippen molar-refractivity contribution in [2.45, 2.75) is 33.2 Å². The van der Waals surface area contributed by atoms with Crippen LogP contribution in [0.15, 0.2) is 36.7 Å². The van der Waals surface area contributed by atoms with Crippen LogP contribution < -0.4 is 5.73 Å². The highest BCUT2D eigenvalue weighted by atomic mass is 14.6. The quantitative estimate of drug-likeness (QED) is 0.894. The number of pyridine rings is 1. The Morgan fingerprint density at radius 2 is 1.83 bits per heavy atom. The molecule has 0 saturated carbocycles. The van der Waals surface area contributed by atoms with Crippen LogP contribution >= 0.6 is 0 Å². The molecule has 18 heavy (non-hydrogen) atoms. The number of nitrogens with zero attached hydrogens (tertiary/aromatic N) is 1. The highest BCUT2D eigenvalue weighted by molar-refractivity contribution is 5.40. The van der Waals surface area contributed by atoms with E-state index in [2.05, 4.69) is 44.0 Å². The minimum Gasteiger partial charge on any atom is -0.324 e. The van der Waals surface area contributed by atoms with Crippen molar-refractivity contribution >= 4 is 0 Å². The van der Waals surface area contributed by atoms with Crippen LogP contribution in [-0.4, -0.2) is 4.98 Å². The zero-order valence-electron chi connectivity index (χ0n) is 11.3. The number of nitrogens with two attached hydrogens (primary N) is 1. The predicted octanol–water partition coefficient (Wildman–Crippen LogP) is 3.25. The molecule has 2 rings (SSSR count). The van der Waals surface area contributed by atoms with Gasteiger partial charge >= 0.3 is 0 Å². The monoisotopic (exact) mass is 240 g/mol. The summed E-state index contributed by atoms with van der Waals surface area (Å²) in [6.07, 6.45) is 4.51. The standard InChI is InChI=1S/C16H20N2/c1-11-7-12(2)16(13(3)8-11)15(17)9-14-5-4-6-18-10-14/h4-8,10,15H,9,17H2,1-3H3. The molecule has 2 N–H and O–H groups in total. The molecule has 2 nitrogen and oxygen atoms in total. The predicted molar refractivity (Wildman–Crippen MR) is 75.5 cm³/mol. The van der Waals surface area contributed by atoms with Gasteiger partial charge in [-0.05, 0) is 55.5 Å². The smallest absolute Gasteiger partial charge is 0.0341 e. The maximum Gasteiger partial charge on any atom is 0.0341 e. The largest absolute Gasteiger partial charge is 0.324 e. The average Bonchev–Trinajstić information content (AvgIpc) is 2.28. The molecule has 0 saturated heterocycles. The fraction of sp³-hybridized carbons (Fsp3) is 0.312. The van der Waals surface area contributed by atoms with Gasteiger partial charge in [-0.3, -0.25) is 4.98 Å². The lowest BCUT2D eigenvalue weighted by Crippen LogP contribution is -2.16. The number of aromatic nitrogens is 1. The van der Waals surface area contributed by atoms with Crippen molar-refractivity contribution in [1.82, 2.24) is 4.98 Å². The summed E-state index contributed by atoms with van der Waals surface area (Å²) in [5, 5.41) is 0. The lowest BCUT2D eigenvalue weighted by molar-refractivity contribution is 0.708. The molecular formula is C16H20N2. The molecule has 1 unspecified atom stereocenters. The van der Waals surface area contributed by atoms with E-state index in [1.54, 1.807) is 6.20 Å². The van der Waals surface area contributed by atoms with Crippen molar-refractivity contribution in [3.05, 3.63) is 64.5 Å². The Balaban J connectivity index is 2.27. The summed E-state index contributed by atoms with van der Waals surface area (Å²) in [4.78, 5) is 4.13. The van der Waals surface area contributed by atoms with Crippen LogP contribution in [-0.2, 0) is 6.42 Å². The van der Waals surface area contributed by atoms with Gasteiger partial charge in [-0.2, -0.15) is 0 Å². The highest BCUT2D eigenvalue weighted by Gasteiger charge is 2.13. The first-order valence-corrected chi connectivity index (χ1v) is 6.30. The van der Waals surface area contributed by atoms with Crippen LogP contribution in [0, 0.1) is 20.8 Å². The van der Waals surface area contributed by atoms with E-state index in [0.717, 1.165) is 6.42 Å². The summed E-state index contributed by atoms with van der Waals surface area (Å²) < 4.78 is 0. The summed E-state index contributed by atoms with van der Waals surface area (Å²) in [6.45, 7) is 6.40. The molecule has 1 atom stereocenters. The van der Waals surface area contributed by atoms with E-state index in [4.69, 9.17) is 5.73 Å². The molecule has 2 aromatic rings. The summed E-state index contributed by atoms with van der Waals surface area (Å²) in [5.74, 6) is 0. The van der Waals surface area contributed by atoms with Gasteiger partial charge in [0, 0.05) is 18.4 Å². The SMILES string of the molecule is Cc1cc(C)c(C(N)Cc2cccnc2)c(C)c1. The molecule has 1 aromatic carbocycles. The number of aryl methyl sites for hydroxylation is 3. The molecule has 0 amide bonds. The molecule has 0 spiro atoms. The van der Waals surface area contributed by atoms with Gasteiger partial charge in [0.05, 0.1) is 0 Å². The second-order valence-corrected chi connectivity index (χ2v) is 4.98. The molecule has 0 aliphatic heterocycles. The van der Waals surface area contributed by atoms with E-state index in [0.29, 0.717) is 0 Å². The van der Waals surface area contributed by atoms with Gasteiger partial charge in [-0.1, -0.05) is 23.8 Å². The van der Waals surface area contributed by atoms with Gasteiger partial charge in [0.15, 0.2) is 0 Å². The van der Waals surface area contributed by atoms with Crippen LogP contribution in [0.3, 0.4) is 0 Å². The molecule has 1 heterocycles. The Kier molecular flexibility index (Phi) is 3.78. The Hall–Kier alpha value is -1.67. The Labute approximate surface area is 109 Å². The van der Waals surface area contributed by atoms with Crippen molar-refractivity contribution in [3.8, 4) is 0 Å². The van der Waals surface area contributed by atoms with E-state index in [9.17, 15) is 0 Å². The molecular weight excluding hydrogens is 220 g/mol. The van der Waals surface area contributed by atoms with Gasteiger partial charge in [-0.15, -0.1) is 0 Å². The van der Waals surface area contributed by atoms with Crippen molar-refractivity contribution in [3.63, 3.8) is 0 Å². The number of benzene rings is 1. The van der Waals surface area contributed by atoms with E-state index in [1.807, 2.05) is 12.3 Å². The minimum absolute atomic E-state index is 0.0369. The summed E-state index contributed by atoms with van der Waals surface area (Å²) in [6, 6.07) is 8.47. The number of hydrogen-bond donors (Lipinski definition) is 1. The van der Waals surface area contributed by atoms with Crippen molar-refractivity contribution in [1.29, 1.82) is 0 Å². The molecule has 94 valence electrons. The van der Waals surface area contributed by atoms with Crippen LogP contribution in [0.2, 0.25) is 0 Å². The van der Waals surface area contributed by atoms with Crippen LogP contribution in [0.5, 0.6) is 0 Å². The second kappa shape index (κ2) is 5.32. The van der Waals surface area contributed by atoms with E-state index < -0.39 is 0 Å². The van der Waals surface area contributed by atoms with Crippen molar-refractivity contribution in [2.24, 2.45) is 5.73 Å². The first-order chi connectivity index (χ1) is 8.58. The lowest BCUT2D eigenvalue weighted by Gasteiger charge is -2.18. The van der Waals surface area contributed by atoms with Crippen molar-refractivity contribution < 1.29 is 0 Å². The maximum atomic E-state index is 6.35. The first kappa shape index (κ1) is 12.8. The Bertz CT molecular complexity index is 509. The van der Waals surface area contributed by atoms with E-state index >= 15 is 0 Å². The third kappa shape index (κ3) is 2.77. The summed E-state index contributed by atoms with van der Waals surface area (Å²) in [5.41, 5.74) is 12.7. The minimum atomic E-state index is 0.0369. The maximum absolute atomic E-state index is 6.35. The Morgan fingerprint density at radius 3 is 2.39 bits per heavy atom. The van der Waals surface area contributed by atoms with Gasteiger partial charge in [0.2, 0.25) is 0 Å². The Morgan fingerprint density at radius 1 is 1.17 bits per heavy atom. The summed E-state index contributed by atoms with van der Waals surface area (Å²) >= 11 is 0. The average molecular weight is 240 g/mol. The van der Waals surface area contributed by atoms with Gasteiger partial charge in [0.25, 0.3) is 0 Å². The third-order valence-electron chi connectivity index (χ3n) is 3.29. The molecule has 0 aliphatic rings. The van der Waals surface area contributed by atoms with Crippen LogP contribution in [0.1, 0.15) is 33.9 Å². The molecule has 0 aliphatic carbocycles. The summed E-state index contributed by atoms with van der Waals surface area (Å²) in [7, 11) is 0. The van der Waals surface area contributed by atoms with Gasteiger partial charge < -0.3 is 5.73 Å². The van der Waals surface area contributed by atoms with Crippen molar-refractivity contribution in [2.75, 3.05) is 0 Å². The third-order valence-corrected chi connectivity index (χ3v) is 3.29. The zero-order chi connectivity index (χ0) is 13.1.